The molecule has 0 radical (unpaired) electrons. The second-order valence-corrected chi connectivity index (χ2v) is 10.3. The molecular weight excluding hydrogens is 428 g/mol. The third-order valence-electron chi connectivity index (χ3n) is 6.50. The van der Waals surface area contributed by atoms with E-state index in [-0.39, 0.29) is 17.1 Å². The van der Waals surface area contributed by atoms with Crippen molar-refractivity contribution in [1.29, 1.82) is 0 Å². The average Bonchev–Trinajstić information content (AvgIpc) is 3.22. The van der Waals surface area contributed by atoms with Gasteiger partial charge in [0.2, 0.25) is 0 Å². The molecule has 1 saturated heterocycles. The molecule has 6 heteroatoms. The van der Waals surface area contributed by atoms with Crippen molar-refractivity contribution in [3.05, 3.63) is 65.4 Å². The molecule has 0 amide bonds. The minimum atomic E-state index is -0.908. The van der Waals surface area contributed by atoms with E-state index in [0.29, 0.717) is 12.0 Å². The molecule has 0 unspecified atom stereocenters. The zero-order valence-electron chi connectivity index (χ0n) is 20.9. The first-order valence-electron chi connectivity index (χ1n) is 11.8. The molecule has 0 aliphatic carbocycles. The van der Waals surface area contributed by atoms with Gasteiger partial charge in [-0.1, -0.05) is 25.1 Å². The monoisotopic (exact) mass is 462 g/mol. The first-order chi connectivity index (χ1) is 16.0. The van der Waals surface area contributed by atoms with Crippen LogP contribution in [0.25, 0.3) is 16.9 Å². The van der Waals surface area contributed by atoms with Gasteiger partial charge in [0.05, 0.1) is 35.3 Å². The van der Waals surface area contributed by atoms with Gasteiger partial charge in [-0.25, -0.2) is 9.48 Å². The van der Waals surface area contributed by atoms with Gasteiger partial charge in [0.15, 0.2) is 0 Å². The molecule has 1 fully saturated rings. The summed E-state index contributed by atoms with van der Waals surface area (Å²) in [5.74, 6) is 0.0512. The summed E-state index contributed by atoms with van der Waals surface area (Å²) in [5.41, 5.74) is 4.32. The molecule has 0 spiro atoms. The number of nitrogens with zero attached hydrogens (tertiary/aromatic N) is 2. The maximum Gasteiger partial charge on any atom is 0.335 e. The Labute approximate surface area is 201 Å². The van der Waals surface area contributed by atoms with Crippen LogP contribution in [0.2, 0.25) is 0 Å². The smallest absolute Gasteiger partial charge is 0.335 e. The highest BCUT2D eigenvalue weighted by Gasteiger charge is 2.41. The number of hydrogen-bond donors (Lipinski definition) is 1. The molecule has 0 saturated carbocycles. The molecule has 0 atom stereocenters. The normalized spacial score (nSPS) is 17.5. The summed E-state index contributed by atoms with van der Waals surface area (Å²) in [7, 11) is 1.66. The summed E-state index contributed by atoms with van der Waals surface area (Å²) in [4.78, 5) is 11.7. The minimum absolute atomic E-state index is 0.234. The van der Waals surface area contributed by atoms with Crippen LogP contribution < -0.4 is 4.74 Å². The van der Waals surface area contributed by atoms with Gasteiger partial charge in [-0.2, -0.15) is 5.10 Å². The van der Waals surface area contributed by atoms with Crippen LogP contribution in [-0.2, 0) is 11.2 Å². The lowest BCUT2D eigenvalue weighted by Crippen LogP contribution is -2.44. The van der Waals surface area contributed by atoms with Gasteiger partial charge in [-0.3, -0.25) is 0 Å². The Balaban J connectivity index is 1.89. The fourth-order valence-corrected chi connectivity index (χ4v) is 5.35. The van der Waals surface area contributed by atoms with Crippen molar-refractivity contribution in [1.82, 2.24) is 9.78 Å². The van der Waals surface area contributed by atoms with Crippen LogP contribution in [0.1, 0.15) is 75.0 Å². The lowest BCUT2D eigenvalue weighted by molar-refractivity contribution is -0.162. The second kappa shape index (κ2) is 8.91. The van der Waals surface area contributed by atoms with Gasteiger partial charge < -0.3 is 14.6 Å². The van der Waals surface area contributed by atoms with Crippen LogP contribution in [0.5, 0.6) is 5.75 Å². The van der Waals surface area contributed by atoms with Crippen LogP contribution in [0.4, 0.5) is 0 Å². The molecule has 180 valence electrons. The number of benzene rings is 2. The summed E-state index contributed by atoms with van der Waals surface area (Å²) >= 11 is 0. The molecule has 4 rings (SSSR count). The van der Waals surface area contributed by atoms with Crippen molar-refractivity contribution in [2.45, 2.75) is 71.0 Å². The molecule has 2 heterocycles. The van der Waals surface area contributed by atoms with Gasteiger partial charge in [0, 0.05) is 11.5 Å². The van der Waals surface area contributed by atoms with Gasteiger partial charge in [-0.15, -0.1) is 0 Å². The number of para-hydroxylation sites is 2. The maximum atomic E-state index is 11.7. The Kier molecular flexibility index (Phi) is 6.30. The molecule has 3 aromatic rings. The number of carboxylic acids is 1. The van der Waals surface area contributed by atoms with Crippen LogP contribution >= 0.6 is 0 Å². The van der Waals surface area contributed by atoms with Crippen molar-refractivity contribution in [2.75, 3.05) is 7.11 Å². The number of aromatic nitrogens is 2. The molecule has 1 N–H and O–H groups in total. The third kappa shape index (κ3) is 4.73. The lowest BCUT2D eigenvalue weighted by Gasteiger charge is -2.45. The van der Waals surface area contributed by atoms with Gasteiger partial charge in [0.1, 0.15) is 11.4 Å². The summed E-state index contributed by atoms with van der Waals surface area (Å²) in [6, 6.07) is 15.5. The number of methoxy groups -OCH3 is 1. The highest BCUT2D eigenvalue weighted by molar-refractivity contribution is 5.90. The lowest BCUT2D eigenvalue weighted by atomic mass is 9.79. The summed E-state index contributed by atoms with van der Waals surface area (Å²) in [6.45, 7) is 10.5. The van der Waals surface area contributed by atoms with Gasteiger partial charge in [-0.05, 0) is 82.9 Å². The average molecular weight is 463 g/mol. The van der Waals surface area contributed by atoms with E-state index < -0.39 is 5.97 Å². The highest BCUT2D eigenvalue weighted by Crippen LogP contribution is 2.44. The predicted octanol–water partition coefficient (Wildman–Crippen LogP) is 6.26. The Morgan fingerprint density at radius 2 is 1.79 bits per heavy atom. The van der Waals surface area contributed by atoms with Crippen LogP contribution in [0, 0.1) is 0 Å². The topological polar surface area (TPSA) is 73.6 Å². The van der Waals surface area contributed by atoms with E-state index >= 15 is 0 Å². The Bertz CT molecular complexity index is 1190. The van der Waals surface area contributed by atoms with Crippen molar-refractivity contribution in [2.24, 2.45) is 0 Å². The number of carboxylic acid groups (broad SMARTS) is 1. The van der Waals surface area contributed by atoms with E-state index in [1.165, 1.54) is 0 Å². The summed E-state index contributed by atoms with van der Waals surface area (Å²) in [5, 5.41) is 14.7. The fraction of sp³-hybridized carbons (Fsp3) is 0.429. The molecular formula is C28H34N2O4. The van der Waals surface area contributed by atoms with E-state index in [1.807, 2.05) is 48.0 Å². The number of ether oxygens (including phenoxy) is 2. The predicted molar refractivity (Wildman–Crippen MR) is 133 cm³/mol. The quantitative estimate of drug-likeness (QED) is 0.468. The molecule has 0 bridgehead atoms. The van der Waals surface area contributed by atoms with E-state index in [1.54, 1.807) is 13.2 Å². The number of aryl methyl sites for hydroxylation is 1. The van der Waals surface area contributed by atoms with Gasteiger partial charge >= 0.3 is 5.97 Å². The fourth-order valence-electron chi connectivity index (χ4n) is 5.35. The summed E-state index contributed by atoms with van der Waals surface area (Å²) in [6.07, 6.45) is 2.38. The molecule has 1 aliphatic heterocycles. The standard InChI is InChI=1S/C28H34N2O4/c1-7-18-14-19(12-13-21(18)26(31)32)24-15-22(20-16-27(2,3)34-28(4,5)17-20)29-30(24)23-10-8-9-11-25(23)33-6/h8-15,20H,7,16-17H2,1-6H3,(H,31,32). The van der Waals surface area contributed by atoms with E-state index in [0.717, 1.165) is 46.8 Å². The number of carbonyl (C=O) groups is 1. The Hall–Kier alpha value is -3.12. The molecule has 1 aromatic heterocycles. The zero-order chi connectivity index (χ0) is 24.7. The van der Waals surface area contributed by atoms with Crippen LogP contribution in [-0.4, -0.2) is 39.2 Å². The molecule has 6 nitrogen and oxygen atoms in total. The largest absolute Gasteiger partial charge is 0.494 e. The SMILES string of the molecule is CCc1cc(-c2cc(C3CC(C)(C)OC(C)(C)C3)nn2-c2ccccc2OC)ccc1C(=O)O. The van der Waals surface area contributed by atoms with Crippen molar-refractivity contribution >= 4 is 5.97 Å². The van der Waals surface area contributed by atoms with Crippen LogP contribution in [0.3, 0.4) is 0 Å². The number of aromatic carboxylic acids is 1. The maximum absolute atomic E-state index is 11.7. The minimum Gasteiger partial charge on any atom is -0.494 e. The number of rotatable bonds is 6. The summed E-state index contributed by atoms with van der Waals surface area (Å²) < 4.78 is 13.9. The van der Waals surface area contributed by atoms with Crippen molar-refractivity contribution in [3.8, 4) is 22.7 Å². The first-order valence-corrected chi connectivity index (χ1v) is 11.8. The van der Waals surface area contributed by atoms with E-state index in [4.69, 9.17) is 14.6 Å². The third-order valence-corrected chi connectivity index (χ3v) is 6.50. The van der Waals surface area contributed by atoms with Gasteiger partial charge in [0.25, 0.3) is 0 Å². The second-order valence-electron chi connectivity index (χ2n) is 10.3. The molecule has 1 aliphatic rings. The van der Waals surface area contributed by atoms with E-state index in [2.05, 4.69) is 33.8 Å². The van der Waals surface area contributed by atoms with Crippen molar-refractivity contribution < 1.29 is 19.4 Å². The first kappa shape index (κ1) is 24.0. The van der Waals surface area contributed by atoms with Crippen LogP contribution in [0.15, 0.2) is 48.5 Å². The Morgan fingerprint density at radius 3 is 2.41 bits per heavy atom. The highest BCUT2D eigenvalue weighted by atomic mass is 16.5. The number of hydrogen-bond acceptors (Lipinski definition) is 4. The molecule has 34 heavy (non-hydrogen) atoms. The zero-order valence-corrected chi connectivity index (χ0v) is 20.9. The van der Waals surface area contributed by atoms with E-state index in [9.17, 15) is 9.90 Å². The Morgan fingerprint density at radius 1 is 1.12 bits per heavy atom. The van der Waals surface area contributed by atoms with Crippen molar-refractivity contribution in [3.63, 3.8) is 0 Å². The molecule has 2 aromatic carbocycles.